The average molecular weight is 720 g/mol. The van der Waals surface area contributed by atoms with Gasteiger partial charge in [0.05, 0.1) is 0 Å². The topological polar surface area (TPSA) is 90.7 Å². The van der Waals surface area contributed by atoms with E-state index in [1.165, 1.54) is 0 Å². The zero-order valence-electron chi connectivity index (χ0n) is 29.8. The standard InChI is InChI=1S/C49H29N5O2/c1-4-13-31(14-5-1)46-50-43(45-44(51-46)38-19-10-11-21-39(38)56-45)35-27-28-37-41(29-35)55-40-22-12-20-36(42(37)40)30-23-25-34(26-24-30)49-53-47(32-15-6-2-7-16-32)52-48(54-49)33-17-8-3-9-18-33/h1-29H. The minimum atomic E-state index is 0.613. The summed E-state index contributed by atoms with van der Waals surface area (Å²) >= 11 is 0. The molecule has 4 aromatic heterocycles. The molecule has 0 radical (unpaired) electrons. The number of rotatable bonds is 6. The summed E-state index contributed by atoms with van der Waals surface area (Å²) in [5.41, 5.74) is 11.2. The fraction of sp³-hybridized carbons (Fsp3) is 0. The van der Waals surface area contributed by atoms with E-state index < -0.39 is 0 Å². The number of fused-ring (bicyclic) bond motifs is 6. The summed E-state index contributed by atoms with van der Waals surface area (Å²) in [6, 6.07) is 58.9. The van der Waals surface area contributed by atoms with Gasteiger partial charge in [-0.2, -0.15) is 0 Å². The van der Waals surface area contributed by atoms with Gasteiger partial charge in [0.1, 0.15) is 28.0 Å². The van der Waals surface area contributed by atoms with Gasteiger partial charge in [0.25, 0.3) is 0 Å². The molecule has 4 heterocycles. The van der Waals surface area contributed by atoms with E-state index in [0.717, 1.165) is 77.4 Å². The molecule has 0 unspecified atom stereocenters. The Kier molecular flexibility index (Phi) is 7.35. The van der Waals surface area contributed by atoms with Crippen LogP contribution in [-0.4, -0.2) is 24.9 Å². The highest BCUT2D eigenvalue weighted by Gasteiger charge is 2.20. The third-order valence-corrected chi connectivity index (χ3v) is 10.2. The summed E-state index contributed by atoms with van der Waals surface area (Å²) in [7, 11) is 0. The van der Waals surface area contributed by atoms with Gasteiger partial charge in [-0.3, -0.25) is 0 Å². The average Bonchev–Trinajstić information content (AvgIpc) is 3.85. The minimum absolute atomic E-state index is 0.613. The Bertz CT molecular complexity index is 3170. The molecule has 0 amide bonds. The highest BCUT2D eigenvalue weighted by Crippen LogP contribution is 2.41. The van der Waals surface area contributed by atoms with Gasteiger partial charge in [0.2, 0.25) is 0 Å². The van der Waals surface area contributed by atoms with E-state index in [1.54, 1.807) is 0 Å². The van der Waals surface area contributed by atoms with Gasteiger partial charge in [0, 0.05) is 44.0 Å². The Labute approximate surface area is 320 Å². The van der Waals surface area contributed by atoms with Gasteiger partial charge >= 0.3 is 0 Å². The summed E-state index contributed by atoms with van der Waals surface area (Å²) < 4.78 is 13.0. The molecule has 0 N–H and O–H groups in total. The van der Waals surface area contributed by atoms with Gasteiger partial charge in [0.15, 0.2) is 28.9 Å². The van der Waals surface area contributed by atoms with Crippen LogP contribution in [0.2, 0.25) is 0 Å². The first-order valence-electron chi connectivity index (χ1n) is 18.4. The number of para-hydroxylation sites is 1. The molecule has 0 saturated carbocycles. The maximum atomic E-state index is 6.57. The summed E-state index contributed by atoms with van der Waals surface area (Å²) in [5, 5.41) is 3.01. The molecule has 0 atom stereocenters. The number of aromatic nitrogens is 5. The highest BCUT2D eigenvalue weighted by molar-refractivity contribution is 6.14. The van der Waals surface area contributed by atoms with E-state index >= 15 is 0 Å². The van der Waals surface area contributed by atoms with Crippen LogP contribution in [-0.2, 0) is 0 Å². The van der Waals surface area contributed by atoms with Gasteiger partial charge in [-0.15, -0.1) is 0 Å². The lowest BCUT2D eigenvalue weighted by Crippen LogP contribution is -2.00. The predicted octanol–water partition coefficient (Wildman–Crippen LogP) is 12.5. The van der Waals surface area contributed by atoms with E-state index in [1.807, 2.05) is 127 Å². The van der Waals surface area contributed by atoms with Gasteiger partial charge < -0.3 is 8.83 Å². The van der Waals surface area contributed by atoms with Gasteiger partial charge in [-0.05, 0) is 41.5 Å². The first-order valence-corrected chi connectivity index (χ1v) is 18.4. The van der Waals surface area contributed by atoms with Crippen LogP contribution in [0.4, 0.5) is 0 Å². The quantitative estimate of drug-likeness (QED) is 0.169. The second-order valence-electron chi connectivity index (χ2n) is 13.6. The molecule has 0 aliphatic heterocycles. The summed E-state index contributed by atoms with van der Waals surface area (Å²) in [5.74, 6) is 2.51. The summed E-state index contributed by atoms with van der Waals surface area (Å²) in [6.07, 6.45) is 0. The zero-order chi connectivity index (χ0) is 37.0. The van der Waals surface area contributed by atoms with Crippen LogP contribution in [0.25, 0.3) is 112 Å². The lowest BCUT2D eigenvalue weighted by molar-refractivity contribution is 0.666. The molecule has 7 nitrogen and oxygen atoms in total. The Hall–Kier alpha value is -7.77. The van der Waals surface area contributed by atoms with Crippen molar-refractivity contribution in [3.63, 3.8) is 0 Å². The summed E-state index contributed by atoms with van der Waals surface area (Å²) in [4.78, 5) is 24.7. The molecule has 7 heteroatoms. The number of hydrogen-bond acceptors (Lipinski definition) is 7. The number of benzene rings is 7. The maximum Gasteiger partial charge on any atom is 0.180 e. The van der Waals surface area contributed by atoms with E-state index in [4.69, 9.17) is 33.8 Å². The fourth-order valence-corrected chi connectivity index (χ4v) is 7.45. The Morgan fingerprint density at radius 3 is 1.48 bits per heavy atom. The number of nitrogens with zero attached hydrogens (tertiary/aromatic N) is 5. The largest absolute Gasteiger partial charge is 0.456 e. The van der Waals surface area contributed by atoms with Crippen molar-refractivity contribution in [2.24, 2.45) is 0 Å². The molecule has 0 spiro atoms. The van der Waals surface area contributed by atoms with Crippen LogP contribution < -0.4 is 0 Å². The number of furan rings is 2. The molecular formula is C49H29N5O2. The van der Waals surface area contributed by atoms with Gasteiger partial charge in [-0.1, -0.05) is 146 Å². The molecule has 0 saturated heterocycles. The van der Waals surface area contributed by atoms with Crippen molar-refractivity contribution >= 4 is 44.0 Å². The SMILES string of the molecule is c1ccc(-c2nc(-c3ccccc3)nc(-c3ccc(-c4cccc5oc6cc(-c7nc(-c8ccccc8)nc8c7oc7ccccc78)ccc6c45)cc3)n2)cc1. The first-order chi connectivity index (χ1) is 27.7. The fourth-order valence-electron chi connectivity index (χ4n) is 7.45. The molecule has 0 aliphatic rings. The normalized spacial score (nSPS) is 11.6. The second-order valence-corrected chi connectivity index (χ2v) is 13.6. The zero-order valence-corrected chi connectivity index (χ0v) is 29.8. The molecule has 262 valence electrons. The van der Waals surface area contributed by atoms with E-state index in [2.05, 4.69) is 48.5 Å². The summed E-state index contributed by atoms with van der Waals surface area (Å²) in [6.45, 7) is 0. The molecular weight excluding hydrogens is 691 g/mol. The van der Waals surface area contributed by atoms with E-state index in [0.29, 0.717) is 34.6 Å². The van der Waals surface area contributed by atoms with Crippen LogP contribution in [0, 0.1) is 0 Å². The second kappa shape index (κ2) is 13.0. The minimum Gasteiger partial charge on any atom is -0.456 e. The molecule has 0 aliphatic carbocycles. The Morgan fingerprint density at radius 2 is 0.839 bits per heavy atom. The van der Waals surface area contributed by atoms with Crippen molar-refractivity contribution in [1.29, 1.82) is 0 Å². The van der Waals surface area contributed by atoms with Crippen molar-refractivity contribution in [3.8, 4) is 67.9 Å². The van der Waals surface area contributed by atoms with Crippen LogP contribution in [0.3, 0.4) is 0 Å². The van der Waals surface area contributed by atoms with Crippen LogP contribution >= 0.6 is 0 Å². The van der Waals surface area contributed by atoms with Gasteiger partial charge in [-0.25, -0.2) is 24.9 Å². The highest BCUT2D eigenvalue weighted by atomic mass is 16.3. The molecule has 56 heavy (non-hydrogen) atoms. The molecule has 11 aromatic rings. The van der Waals surface area contributed by atoms with E-state index in [9.17, 15) is 0 Å². The predicted molar refractivity (Wildman–Crippen MR) is 223 cm³/mol. The smallest absolute Gasteiger partial charge is 0.180 e. The van der Waals surface area contributed by atoms with Crippen LogP contribution in [0.1, 0.15) is 0 Å². The van der Waals surface area contributed by atoms with Crippen molar-refractivity contribution in [3.05, 3.63) is 176 Å². The lowest BCUT2D eigenvalue weighted by atomic mass is 9.97. The third kappa shape index (κ3) is 5.41. The maximum absolute atomic E-state index is 6.57. The third-order valence-electron chi connectivity index (χ3n) is 10.2. The van der Waals surface area contributed by atoms with Crippen molar-refractivity contribution in [2.75, 3.05) is 0 Å². The molecule has 7 aromatic carbocycles. The van der Waals surface area contributed by atoms with E-state index in [-0.39, 0.29) is 0 Å². The Balaban J connectivity index is 1.01. The van der Waals surface area contributed by atoms with Crippen LogP contribution in [0.15, 0.2) is 185 Å². The van der Waals surface area contributed by atoms with Crippen LogP contribution in [0.5, 0.6) is 0 Å². The van der Waals surface area contributed by atoms with Crippen molar-refractivity contribution < 1.29 is 8.83 Å². The number of hydrogen-bond donors (Lipinski definition) is 0. The monoisotopic (exact) mass is 719 g/mol. The van der Waals surface area contributed by atoms with Crippen molar-refractivity contribution in [1.82, 2.24) is 24.9 Å². The van der Waals surface area contributed by atoms with Crippen molar-refractivity contribution in [2.45, 2.75) is 0 Å². The molecule has 0 bridgehead atoms. The Morgan fingerprint density at radius 1 is 0.321 bits per heavy atom. The lowest BCUT2D eigenvalue weighted by Gasteiger charge is -2.09. The molecule has 0 fully saturated rings. The first kappa shape index (κ1) is 31.7. The molecule has 11 rings (SSSR count).